The van der Waals surface area contributed by atoms with Gasteiger partial charge in [-0.25, -0.2) is 9.59 Å². The van der Waals surface area contributed by atoms with Gasteiger partial charge in [0.25, 0.3) is 0 Å². The van der Waals surface area contributed by atoms with E-state index >= 15 is 0 Å². The van der Waals surface area contributed by atoms with Crippen LogP contribution in [0.4, 0.5) is 4.79 Å². The summed E-state index contributed by atoms with van der Waals surface area (Å²) >= 11 is 0. The van der Waals surface area contributed by atoms with Crippen LogP contribution in [-0.4, -0.2) is 65.7 Å². The molecule has 0 aliphatic carbocycles. The van der Waals surface area contributed by atoms with E-state index in [0.717, 1.165) is 6.42 Å². The second-order valence-electron chi connectivity index (χ2n) is 5.28. The topological polar surface area (TPSA) is 87.2 Å². The smallest absolute Gasteiger partial charge is 0.326 e. The van der Waals surface area contributed by atoms with Gasteiger partial charge in [0.05, 0.1) is 13.0 Å². The molecule has 2 rings (SSSR count). The molecule has 2 fully saturated rings. The monoisotopic (exact) mass is 284 g/mol. The van der Waals surface area contributed by atoms with Crippen molar-refractivity contribution in [3.63, 3.8) is 0 Å². The van der Waals surface area contributed by atoms with Crippen molar-refractivity contribution in [1.29, 1.82) is 0 Å². The molecule has 2 atom stereocenters. The van der Waals surface area contributed by atoms with Crippen molar-refractivity contribution < 1.29 is 24.2 Å². The zero-order chi connectivity index (χ0) is 14.7. The Labute approximate surface area is 117 Å². The zero-order valence-corrected chi connectivity index (χ0v) is 11.6. The molecule has 2 aliphatic rings. The SMILES string of the molecule is COC(=O)C1CCCN(C(=O)N2CCC[C@H]2C(=O)O)C1. The first-order valence-corrected chi connectivity index (χ1v) is 6.90. The van der Waals surface area contributed by atoms with E-state index in [1.165, 1.54) is 12.0 Å². The van der Waals surface area contributed by atoms with E-state index < -0.39 is 12.0 Å². The summed E-state index contributed by atoms with van der Waals surface area (Å²) in [5.41, 5.74) is 0. The highest BCUT2D eigenvalue weighted by molar-refractivity contribution is 5.84. The molecule has 7 heteroatoms. The Balaban J connectivity index is 2.01. The maximum absolute atomic E-state index is 12.4. The number of hydrogen-bond acceptors (Lipinski definition) is 4. The third-order valence-corrected chi connectivity index (χ3v) is 4.01. The molecule has 1 N–H and O–H groups in total. The summed E-state index contributed by atoms with van der Waals surface area (Å²) in [6.07, 6.45) is 2.64. The summed E-state index contributed by atoms with van der Waals surface area (Å²) in [5.74, 6) is -1.57. The van der Waals surface area contributed by atoms with E-state index in [1.54, 1.807) is 4.90 Å². The average molecular weight is 284 g/mol. The Kier molecular flexibility index (Phi) is 4.46. The highest BCUT2D eigenvalue weighted by Gasteiger charge is 2.38. The van der Waals surface area contributed by atoms with Crippen molar-refractivity contribution in [2.24, 2.45) is 5.92 Å². The molecule has 0 aromatic heterocycles. The Morgan fingerprint density at radius 2 is 1.85 bits per heavy atom. The molecule has 0 radical (unpaired) electrons. The summed E-state index contributed by atoms with van der Waals surface area (Å²) < 4.78 is 4.72. The number of nitrogens with zero attached hydrogens (tertiary/aromatic N) is 2. The number of methoxy groups -OCH3 is 1. The highest BCUT2D eigenvalue weighted by Crippen LogP contribution is 2.23. The van der Waals surface area contributed by atoms with Gasteiger partial charge >= 0.3 is 18.0 Å². The lowest BCUT2D eigenvalue weighted by Crippen LogP contribution is -2.51. The minimum Gasteiger partial charge on any atom is -0.480 e. The maximum Gasteiger partial charge on any atom is 0.326 e. The molecule has 2 amide bonds. The third kappa shape index (κ3) is 2.86. The van der Waals surface area contributed by atoms with Gasteiger partial charge in [0.1, 0.15) is 6.04 Å². The Morgan fingerprint density at radius 3 is 2.50 bits per heavy atom. The average Bonchev–Trinajstić information content (AvgIpc) is 2.95. The van der Waals surface area contributed by atoms with Crippen molar-refractivity contribution in [2.75, 3.05) is 26.7 Å². The van der Waals surface area contributed by atoms with E-state index in [9.17, 15) is 14.4 Å². The number of rotatable bonds is 2. The molecule has 20 heavy (non-hydrogen) atoms. The first-order chi connectivity index (χ1) is 9.54. The van der Waals surface area contributed by atoms with Crippen LogP contribution in [0.15, 0.2) is 0 Å². The number of carboxylic acid groups (broad SMARTS) is 1. The number of piperidine rings is 1. The predicted molar refractivity (Wildman–Crippen MR) is 69.1 cm³/mol. The number of carbonyl (C=O) groups is 3. The van der Waals surface area contributed by atoms with Crippen molar-refractivity contribution >= 4 is 18.0 Å². The van der Waals surface area contributed by atoms with Crippen LogP contribution in [0.1, 0.15) is 25.7 Å². The minimum absolute atomic E-state index is 0.275. The number of aliphatic carboxylic acids is 1. The van der Waals surface area contributed by atoms with E-state index in [-0.39, 0.29) is 17.9 Å². The Bertz CT molecular complexity index is 412. The van der Waals surface area contributed by atoms with E-state index in [4.69, 9.17) is 9.84 Å². The first kappa shape index (κ1) is 14.6. The van der Waals surface area contributed by atoms with Crippen molar-refractivity contribution in [2.45, 2.75) is 31.7 Å². The van der Waals surface area contributed by atoms with E-state index in [1.807, 2.05) is 0 Å². The van der Waals surface area contributed by atoms with Crippen molar-refractivity contribution in [1.82, 2.24) is 9.80 Å². The van der Waals surface area contributed by atoms with Gasteiger partial charge in [0, 0.05) is 19.6 Å². The summed E-state index contributed by atoms with van der Waals surface area (Å²) in [5, 5.41) is 9.12. The molecule has 0 spiro atoms. The van der Waals surface area contributed by atoms with Crippen LogP contribution in [-0.2, 0) is 14.3 Å². The van der Waals surface area contributed by atoms with Crippen LogP contribution < -0.4 is 0 Å². The number of ether oxygens (including phenoxy) is 1. The number of likely N-dealkylation sites (tertiary alicyclic amines) is 2. The fourth-order valence-corrected chi connectivity index (χ4v) is 2.94. The number of carbonyl (C=O) groups excluding carboxylic acids is 2. The lowest BCUT2D eigenvalue weighted by Gasteiger charge is -2.35. The molecule has 1 unspecified atom stereocenters. The molecule has 0 aromatic carbocycles. The molecular weight excluding hydrogens is 264 g/mol. The molecule has 2 heterocycles. The molecular formula is C13H20N2O5. The standard InChI is InChI=1S/C13H20N2O5/c1-20-12(18)9-4-2-6-14(8-9)13(19)15-7-3-5-10(15)11(16)17/h9-10H,2-8H2,1H3,(H,16,17)/t9?,10-/m0/s1. The van der Waals surface area contributed by atoms with Gasteiger partial charge < -0.3 is 19.6 Å². The fraction of sp³-hybridized carbons (Fsp3) is 0.769. The third-order valence-electron chi connectivity index (χ3n) is 4.01. The second-order valence-corrected chi connectivity index (χ2v) is 5.28. The summed E-state index contributed by atoms with van der Waals surface area (Å²) in [6, 6.07) is -1.01. The number of amides is 2. The highest BCUT2D eigenvalue weighted by atomic mass is 16.5. The van der Waals surface area contributed by atoms with Gasteiger partial charge in [0.2, 0.25) is 0 Å². The molecule has 0 aromatic rings. The molecule has 7 nitrogen and oxygen atoms in total. The quantitative estimate of drug-likeness (QED) is 0.748. The van der Waals surface area contributed by atoms with Crippen LogP contribution in [0.5, 0.6) is 0 Å². The van der Waals surface area contributed by atoms with Gasteiger partial charge in [-0.2, -0.15) is 0 Å². The van der Waals surface area contributed by atoms with Gasteiger partial charge in [0.15, 0.2) is 0 Å². The summed E-state index contributed by atoms with van der Waals surface area (Å²) in [4.78, 5) is 38.1. The molecule has 0 bridgehead atoms. The Hall–Kier alpha value is -1.79. The normalized spacial score (nSPS) is 26.4. The van der Waals surface area contributed by atoms with E-state index in [2.05, 4.69) is 0 Å². The Morgan fingerprint density at radius 1 is 1.15 bits per heavy atom. The van der Waals surface area contributed by atoms with Crippen LogP contribution in [0.25, 0.3) is 0 Å². The fourth-order valence-electron chi connectivity index (χ4n) is 2.94. The zero-order valence-electron chi connectivity index (χ0n) is 11.6. The number of esters is 1. The van der Waals surface area contributed by atoms with Crippen molar-refractivity contribution in [3.8, 4) is 0 Å². The van der Waals surface area contributed by atoms with Gasteiger partial charge in [-0.15, -0.1) is 0 Å². The van der Waals surface area contributed by atoms with Gasteiger partial charge in [-0.05, 0) is 25.7 Å². The molecule has 0 saturated carbocycles. The molecule has 2 aliphatic heterocycles. The predicted octanol–water partition coefficient (Wildman–Crippen LogP) is 0.540. The van der Waals surface area contributed by atoms with Crippen LogP contribution in [0.3, 0.4) is 0 Å². The van der Waals surface area contributed by atoms with Crippen LogP contribution in [0, 0.1) is 5.92 Å². The largest absolute Gasteiger partial charge is 0.480 e. The van der Waals surface area contributed by atoms with Gasteiger partial charge in [-0.3, -0.25) is 4.79 Å². The minimum atomic E-state index is -0.961. The number of hydrogen-bond donors (Lipinski definition) is 1. The second kappa shape index (κ2) is 6.11. The van der Waals surface area contributed by atoms with Gasteiger partial charge in [-0.1, -0.05) is 0 Å². The van der Waals surface area contributed by atoms with Crippen LogP contribution >= 0.6 is 0 Å². The lowest BCUT2D eigenvalue weighted by molar-refractivity contribution is -0.147. The lowest BCUT2D eigenvalue weighted by atomic mass is 9.98. The summed E-state index contributed by atoms with van der Waals surface area (Å²) in [7, 11) is 1.34. The number of carboxylic acids is 1. The van der Waals surface area contributed by atoms with E-state index in [0.29, 0.717) is 38.9 Å². The maximum atomic E-state index is 12.4. The van der Waals surface area contributed by atoms with Crippen LogP contribution in [0.2, 0.25) is 0 Å². The molecule has 2 saturated heterocycles. The summed E-state index contributed by atoms with van der Waals surface area (Å²) in [6.45, 7) is 1.35. The molecule has 112 valence electrons. The number of urea groups is 1. The first-order valence-electron chi connectivity index (χ1n) is 6.90. The van der Waals surface area contributed by atoms with Crippen molar-refractivity contribution in [3.05, 3.63) is 0 Å².